The van der Waals surface area contributed by atoms with E-state index in [1.165, 1.54) is 10.9 Å². The molecule has 9 nitrogen and oxygen atoms in total. The maximum Gasteiger partial charge on any atom is 0.270 e. The maximum atomic E-state index is 13.9. The molecule has 0 aliphatic heterocycles. The summed E-state index contributed by atoms with van der Waals surface area (Å²) in [4.78, 5) is 34.9. The van der Waals surface area contributed by atoms with Crippen LogP contribution in [0.15, 0.2) is 30.7 Å². The molecule has 3 aromatic heterocycles. The Morgan fingerprint density at radius 3 is 2.38 bits per heavy atom. The fourth-order valence-electron chi connectivity index (χ4n) is 5.20. The lowest BCUT2D eigenvalue weighted by atomic mass is 9.81. The van der Waals surface area contributed by atoms with Crippen LogP contribution in [-0.2, 0) is 11.8 Å². The molecule has 3 heterocycles. The van der Waals surface area contributed by atoms with E-state index in [9.17, 15) is 18.4 Å². The molecule has 198 valence electrons. The van der Waals surface area contributed by atoms with Gasteiger partial charge in [-0.3, -0.25) is 18.7 Å². The molecule has 2 saturated carbocycles. The fourth-order valence-corrected chi connectivity index (χ4v) is 5.20. The number of hydrogen-bond donors (Lipinski definition) is 2. The molecule has 0 bridgehead atoms. The first kappa shape index (κ1) is 25.3. The first-order valence-corrected chi connectivity index (χ1v) is 13.1. The zero-order chi connectivity index (χ0) is 26.2. The van der Waals surface area contributed by atoms with Gasteiger partial charge in [-0.25, -0.2) is 18.7 Å². The number of halogens is 2. The molecule has 0 saturated heterocycles. The number of aromatic nitrogens is 5. The van der Waals surface area contributed by atoms with Crippen molar-refractivity contribution in [1.82, 2.24) is 34.8 Å². The largest absolute Gasteiger partial charge is 0.347 e. The summed E-state index contributed by atoms with van der Waals surface area (Å²) in [6.45, 7) is 1.97. The first-order valence-electron chi connectivity index (χ1n) is 13.1. The van der Waals surface area contributed by atoms with Crippen LogP contribution < -0.4 is 10.6 Å². The SMILES string of the molecule is CCCC(=O)N[C@@H](c1ccn2cc([C@@H](NC(=O)c3ccnn3C)C3CCC(F)(F)CC3)nc2n1)C1CC1. The third-order valence-electron chi connectivity index (χ3n) is 7.46. The maximum absolute atomic E-state index is 13.9. The lowest BCUT2D eigenvalue weighted by Crippen LogP contribution is -2.38. The number of fused-ring (bicyclic) bond motifs is 1. The molecule has 0 spiro atoms. The van der Waals surface area contributed by atoms with Gasteiger partial charge in [0.15, 0.2) is 0 Å². The number of nitrogens with one attached hydrogen (secondary N) is 2. The van der Waals surface area contributed by atoms with E-state index >= 15 is 0 Å². The Labute approximate surface area is 214 Å². The number of carbonyl (C=O) groups is 2. The fraction of sp³-hybridized carbons (Fsp3) is 0.577. The van der Waals surface area contributed by atoms with E-state index in [1.54, 1.807) is 23.7 Å². The van der Waals surface area contributed by atoms with E-state index in [1.807, 2.05) is 19.2 Å². The van der Waals surface area contributed by atoms with E-state index in [4.69, 9.17) is 9.97 Å². The van der Waals surface area contributed by atoms with Gasteiger partial charge in [-0.05, 0) is 56.1 Å². The molecular weight excluding hydrogens is 480 g/mol. The minimum absolute atomic E-state index is 0.0112. The van der Waals surface area contributed by atoms with Gasteiger partial charge in [0, 0.05) is 44.9 Å². The van der Waals surface area contributed by atoms with Crippen molar-refractivity contribution in [2.75, 3.05) is 0 Å². The molecule has 2 amide bonds. The predicted octanol–water partition coefficient (Wildman–Crippen LogP) is 4.13. The zero-order valence-corrected chi connectivity index (χ0v) is 21.2. The molecule has 3 aromatic rings. The lowest BCUT2D eigenvalue weighted by molar-refractivity contribution is -0.122. The standard InChI is InChI=1S/C26H33F2N7O2/c1-3-4-21(36)32-22(16-5-6-16)18-10-14-35-15-19(31-25(35)30-18)23(17-7-11-26(27,28)12-8-17)33-24(37)20-9-13-29-34(20)2/h9-10,13-17,22-23H,3-8,11-12H2,1-2H3,(H,32,36)(H,33,37)/t22-,23+/m1/s1. The summed E-state index contributed by atoms with van der Waals surface area (Å²) in [6, 6.07) is 2.79. The topological polar surface area (TPSA) is 106 Å². The van der Waals surface area contributed by atoms with Crippen molar-refractivity contribution in [2.24, 2.45) is 18.9 Å². The van der Waals surface area contributed by atoms with Gasteiger partial charge in [-0.15, -0.1) is 0 Å². The van der Waals surface area contributed by atoms with Crippen molar-refractivity contribution in [3.05, 3.63) is 47.8 Å². The van der Waals surface area contributed by atoms with Crippen LogP contribution in [-0.4, -0.2) is 41.9 Å². The van der Waals surface area contributed by atoms with E-state index in [-0.39, 0.29) is 49.5 Å². The molecule has 0 unspecified atom stereocenters. The van der Waals surface area contributed by atoms with E-state index in [0.29, 0.717) is 29.5 Å². The van der Waals surface area contributed by atoms with E-state index < -0.39 is 12.0 Å². The second-order valence-corrected chi connectivity index (χ2v) is 10.3. The third-order valence-corrected chi connectivity index (χ3v) is 7.46. The van der Waals surface area contributed by atoms with Gasteiger partial charge < -0.3 is 10.6 Å². The molecule has 37 heavy (non-hydrogen) atoms. The molecule has 5 rings (SSSR count). The number of amides is 2. The van der Waals surface area contributed by atoms with Gasteiger partial charge in [0.1, 0.15) is 5.69 Å². The van der Waals surface area contributed by atoms with Gasteiger partial charge in [-0.2, -0.15) is 5.10 Å². The Morgan fingerprint density at radius 2 is 1.73 bits per heavy atom. The van der Waals surface area contributed by atoms with Crippen molar-refractivity contribution in [2.45, 2.75) is 76.3 Å². The summed E-state index contributed by atoms with van der Waals surface area (Å²) in [5, 5.41) is 10.2. The van der Waals surface area contributed by atoms with Gasteiger partial charge in [0.25, 0.3) is 5.91 Å². The summed E-state index contributed by atoms with van der Waals surface area (Å²) in [5.41, 5.74) is 1.71. The Morgan fingerprint density at radius 1 is 1.05 bits per heavy atom. The van der Waals surface area contributed by atoms with Crippen molar-refractivity contribution < 1.29 is 18.4 Å². The number of alkyl halides is 2. The number of carbonyl (C=O) groups excluding carboxylic acids is 2. The van der Waals surface area contributed by atoms with Crippen LogP contribution in [0, 0.1) is 11.8 Å². The van der Waals surface area contributed by atoms with Crippen LogP contribution >= 0.6 is 0 Å². The molecule has 2 aliphatic carbocycles. The molecule has 0 aromatic carbocycles. The minimum Gasteiger partial charge on any atom is -0.347 e. The van der Waals surface area contributed by atoms with Crippen LogP contribution in [0.3, 0.4) is 0 Å². The van der Waals surface area contributed by atoms with Crippen LogP contribution in [0.5, 0.6) is 0 Å². The highest BCUT2D eigenvalue weighted by molar-refractivity contribution is 5.92. The predicted molar refractivity (Wildman–Crippen MR) is 132 cm³/mol. The molecular formula is C26H33F2N7O2. The number of imidazole rings is 1. The van der Waals surface area contributed by atoms with Gasteiger partial charge in [0.2, 0.25) is 17.6 Å². The van der Waals surface area contributed by atoms with Crippen LogP contribution in [0.1, 0.15) is 92.3 Å². The minimum atomic E-state index is -2.68. The number of hydrogen-bond acceptors (Lipinski definition) is 5. The molecule has 2 N–H and O–H groups in total. The van der Waals surface area contributed by atoms with Gasteiger partial charge >= 0.3 is 0 Å². The average molecular weight is 514 g/mol. The molecule has 2 aliphatic rings. The quantitative estimate of drug-likeness (QED) is 0.448. The Kier molecular flexibility index (Phi) is 6.96. The van der Waals surface area contributed by atoms with Crippen molar-refractivity contribution in [3.63, 3.8) is 0 Å². The Balaban J connectivity index is 1.43. The van der Waals surface area contributed by atoms with E-state index in [0.717, 1.165) is 25.0 Å². The van der Waals surface area contributed by atoms with Crippen molar-refractivity contribution in [3.8, 4) is 0 Å². The highest BCUT2D eigenvalue weighted by atomic mass is 19.3. The van der Waals surface area contributed by atoms with Crippen LogP contribution in [0.2, 0.25) is 0 Å². The monoisotopic (exact) mass is 513 g/mol. The second-order valence-electron chi connectivity index (χ2n) is 10.3. The van der Waals surface area contributed by atoms with Crippen LogP contribution in [0.25, 0.3) is 5.78 Å². The number of aryl methyl sites for hydroxylation is 1. The smallest absolute Gasteiger partial charge is 0.270 e. The van der Waals surface area contributed by atoms with Crippen molar-refractivity contribution >= 4 is 17.6 Å². The second kappa shape index (κ2) is 10.2. The van der Waals surface area contributed by atoms with Gasteiger partial charge in [-0.1, -0.05) is 6.92 Å². The highest BCUT2D eigenvalue weighted by Gasteiger charge is 2.40. The normalized spacial score (nSPS) is 19.5. The summed E-state index contributed by atoms with van der Waals surface area (Å²) in [6.07, 6.45) is 8.65. The summed E-state index contributed by atoms with van der Waals surface area (Å²) in [7, 11) is 1.68. The van der Waals surface area contributed by atoms with Gasteiger partial charge in [0.05, 0.1) is 23.5 Å². The molecule has 2 fully saturated rings. The summed E-state index contributed by atoms with van der Waals surface area (Å²) >= 11 is 0. The Bertz CT molecular complexity index is 1270. The molecule has 2 atom stereocenters. The average Bonchev–Trinajstić information content (AvgIpc) is 3.47. The Hall–Kier alpha value is -3.37. The molecule has 11 heteroatoms. The zero-order valence-electron chi connectivity index (χ0n) is 21.2. The first-order chi connectivity index (χ1) is 17.7. The lowest BCUT2D eigenvalue weighted by Gasteiger charge is -2.33. The third kappa shape index (κ3) is 5.65. The summed E-state index contributed by atoms with van der Waals surface area (Å²) < 4.78 is 31.1. The number of rotatable bonds is 9. The number of nitrogens with zero attached hydrogens (tertiary/aromatic N) is 5. The van der Waals surface area contributed by atoms with Crippen molar-refractivity contribution in [1.29, 1.82) is 0 Å². The summed E-state index contributed by atoms with van der Waals surface area (Å²) in [5.74, 6) is -2.38. The van der Waals surface area contributed by atoms with Crippen LogP contribution in [0.4, 0.5) is 8.78 Å². The van der Waals surface area contributed by atoms with E-state index in [2.05, 4.69) is 15.7 Å². The molecule has 0 radical (unpaired) electrons. The highest BCUT2D eigenvalue weighted by Crippen LogP contribution is 2.42.